The van der Waals surface area contributed by atoms with E-state index in [9.17, 15) is 9.59 Å². The van der Waals surface area contributed by atoms with E-state index in [0.29, 0.717) is 45.0 Å². The second kappa shape index (κ2) is 9.36. The Labute approximate surface area is 198 Å². The highest BCUT2D eigenvalue weighted by Crippen LogP contribution is 2.24. The number of amides is 1. The zero-order chi connectivity index (χ0) is 22.8. The van der Waals surface area contributed by atoms with Crippen molar-refractivity contribution in [2.45, 2.75) is 18.2 Å². The molecule has 2 aromatic carbocycles. The number of nitrogens with zero attached hydrogens (tertiary/aromatic N) is 5. The van der Waals surface area contributed by atoms with Crippen molar-refractivity contribution >= 4 is 57.6 Å². The van der Waals surface area contributed by atoms with Crippen molar-refractivity contribution in [2.75, 3.05) is 12.8 Å². The van der Waals surface area contributed by atoms with Gasteiger partial charge in [0, 0.05) is 20.1 Å². The van der Waals surface area contributed by atoms with Crippen molar-refractivity contribution < 1.29 is 4.79 Å². The highest BCUT2D eigenvalue weighted by Gasteiger charge is 2.18. The predicted octanol–water partition coefficient (Wildman–Crippen LogP) is 4.29. The molecule has 0 aliphatic carbocycles. The molecule has 0 atom stereocenters. The number of halogens is 2. The molecule has 0 unspecified atom stereocenters. The Morgan fingerprint density at radius 2 is 1.97 bits per heavy atom. The van der Waals surface area contributed by atoms with E-state index in [0.717, 1.165) is 5.56 Å². The lowest BCUT2D eigenvalue weighted by molar-refractivity contribution is -0.127. The molecular formula is C22H19Cl2N5O2S. The third kappa shape index (κ3) is 4.26. The van der Waals surface area contributed by atoms with Gasteiger partial charge in [0.15, 0.2) is 5.16 Å². The van der Waals surface area contributed by atoms with Crippen molar-refractivity contribution in [2.24, 2.45) is 0 Å². The maximum absolute atomic E-state index is 12.9. The number of para-hydroxylation sites is 1. The molecule has 0 saturated carbocycles. The van der Waals surface area contributed by atoms with E-state index >= 15 is 0 Å². The van der Waals surface area contributed by atoms with Crippen molar-refractivity contribution in [1.82, 2.24) is 24.1 Å². The standard InChI is InChI=1S/C22H19Cl2N5O2S/c1-3-10-28-20(31)15-6-4-5-7-18(15)29-21(28)25-26-22(29)32-13-19(30)27(2)12-14-8-9-16(23)17(24)11-14/h3-9,11H,1,10,12-13H2,2H3. The minimum absolute atomic E-state index is 0.0819. The van der Waals surface area contributed by atoms with Crippen LogP contribution in [0.2, 0.25) is 10.0 Å². The molecular weight excluding hydrogens is 469 g/mol. The van der Waals surface area contributed by atoms with Crippen molar-refractivity contribution in [1.29, 1.82) is 0 Å². The highest BCUT2D eigenvalue weighted by atomic mass is 35.5. The number of carbonyl (C=O) groups is 1. The molecule has 32 heavy (non-hydrogen) atoms. The Morgan fingerprint density at radius 3 is 2.72 bits per heavy atom. The number of rotatable bonds is 7. The van der Waals surface area contributed by atoms with Gasteiger partial charge in [0.05, 0.1) is 26.7 Å². The van der Waals surface area contributed by atoms with Gasteiger partial charge in [-0.1, -0.05) is 59.2 Å². The average molecular weight is 488 g/mol. The van der Waals surface area contributed by atoms with Crippen LogP contribution in [0.3, 0.4) is 0 Å². The van der Waals surface area contributed by atoms with Gasteiger partial charge in [0.25, 0.3) is 5.56 Å². The Balaban J connectivity index is 1.59. The Morgan fingerprint density at radius 1 is 1.19 bits per heavy atom. The minimum Gasteiger partial charge on any atom is -0.341 e. The molecule has 0 N–H and O–H groups in total. The van der Waals surface area contributed by atoms with Crippen LogP contribution in [0.5, 0.6) is 0 Å². The van der Waals surface area contributed by atoms with Crippen LogP contribution in [-0.4, -0.2) is 42.8 Å². The summed E-state index contributed by atoms with van der Waals surface area (Å²) in [6.45, 7) is 4.43. The van der Waals surface area contributed by atoms with Crippen LogP contribution in [0.1, 0.15) is 5.56 Å². The SMILES string of the molecule is C=CCn1c(=O)c2ccccc2n2c(SCC(=O)N(C)Cc3ccc(Cl)c(Cl)c3)nnc12. The van der Waals surface area contributed by atoms with E-state index in [4.69, 9.17) is 23.2 Å². The number of carbonyl (C=O) groups excluding carboxylic acids is 1. The highest BCUT2D eigenvalue weighted by molar-refractivity contribution is 7.99. The summed E-state index contributed by atoms with van der Waals surface area (Å²) in [5.74, 6) is 0.488. The van der Waals surface area contributed by atoms with Gasteiger partial charge in [-0.3, -0.25) is 18.6 Å². The van der Waals surface area contributed by atoms with E-state index < -0.39 is 0 Å². The topological polar surface area (TPSA) is 72.5 Å². The summed E-state index contributed by atoms with van der Waals surface area (Å²) >= 11 is 13.3. The maximum atomic E-state index is 12.9. The van der Waals surface area contributed by atoms with Gasteiger partial charge >= 0.3 is 0 Å². The number of fused-ring (bicyclic) bond motifs is 3. The first kappa shape index (κ1) is 22.4. The summed E-state index contributed by atoms with van der Waals surface area (Å²) in [4.78, 5) is 27.2. The monoisotopic (exact) mass is 487 g/mol. The summed E-state index contributed by atoms with van der Waals surface area (Å²) in [5.41, 5.74) is 1.42. The molecule has 4 rings (SSSR count). The quantitative estimate of drug-likeness (QED) is 0.287. The first-order valence-corrected chi connectivity index (χ1v) is 11.4. The van der Waals surface area contributed by atoms with E-state index in [-0.39, 0.29) is 17.2 Å². The lowest BCUT2D eigenvalue weighted by Crippen LogP contribution is -2.28. The fourth-order valence-electron chi connectivity index (χ4n) is 3.36. The summed E-state index contributed by atoms with van der Waals surface area (Å²) in [6.07, 6.45) is 1.64. The minimum atomic E-state index is -0.158. The number of benzene rings is 2. The van der Waals surface area contributed by atoms with Gasteiger partial charge in [-0.25, -0.2) is 0 Å². The molecule has 0 bridgehead atoms. The second-order valence-corrected chi connectivity index (χ2v) is 8.88. The largest absolute Gasteiger partial charge is 0.341 e. The Bertz CT molecular complexity index is 1400. The molecule has 164 valence electrons. The van der Waals surface area contributed by atoms with E-state index in [1.54, 1.807) is 40.6 Å². The zero-order valence-corrected chi connectivity index (χ0v) is 19.5. The summed E-state index contributed by atoms with van der Waals surface area (Å²) in [5, 5.41) is 10.5. The van der Waals surface area contributed by atoms with Crippen molar-refractivity contribution in [3.05, 3.63) is 81.1 Å². The molecule has 4 aromatic rings. The molecule has 0 fully saturated rings. The normalized spacial score (nSPS) is 11.2. The molecule has 0 spiro atoms. The van der Waals surface area contributed by atoms with Crippen LogP contribution in [0.4, 0.5) is 0 Å². The molecule has 0 saturated heterocycles. The number of hydrogen-bond acceptors (Lipinski definition) is 5. The Kier molecular flexibility index (Phi) is 6.55. The fraction of sp³-hybridized carbons (Fsp3) is 0.182. The van der Waals surface area contributed by atoms with Gasteiger partial charge in [0.1, 0.15) is 0 Å². The van der Waals surface area contributed by atoms with Gasteiger partial charge in [-0.05, 0) is 29.8 Å². The Hall–Kier alpha value is -2.81. The first-order valence-electron chi connectivity index (χ1n) is 9.69. The smallest absolute Gasteiger partial charge is 0.263 e. The molecule has 2 heterocycles. The molecule has 0 radical (unpaired) electrons. The van der Waals surface area contributed by atoms with E-state index in [1.807, 2.05) is 24.3 Å². The lowest BCUT2D eigenvalue weighted by atomic mass is 10.2. The average Bonchev–Trinajstić information content (AvgIpc) is 3.21. The number of hydrogen-bond donors (Lipinski definition) is 0. The number of thioether (sulfide) groups is 1. The summed E-state index contributed by atoms with van der Waals surface area (Å²) in [7, 11) is 1.73. The fourth-order valence-corrected chi connectivity index (χ4v) is 4.56. The lowest BCUT2D eigenvalue weighted by Gasteiger charge is -2.17. The van der Waals surface area contributed by atoms with Crippen LogP contribution >= 0.6 is 35.0 Å². The van der Waals surface area contributed by atoms with Crippen LogP contribution < -0.4 is 5.56 Å². The molecule has 7 nitrogen and oxygen atoms in total. The van der Waals surface area contributed by atoms with Crippen LogP contribution in [0.15, 0.2) is 65.1 Å². The van der Waals surface area contributed by atoms with Gasteiger partial charge in [0.2, 0.25) is 11.7 Å². The molecule has 2 aromatic heterocycles. The zero-order valence-electron chi connectivity index (χ0n) is 17.2. The molecule has 10 heteroatoms. The van der Waals surface area contributed by atoms with Crippen molar-refractivity contribution in [3.63, 3.8) is 0 Å². The van der Waals surface area contributed by atoms with Gasteiger partial charge in [-0.15, -0.1) is 16.8 Å². The third-order valence-electron chi connectivity index (χ3n) is 4.94. The second-order valence-electron chi connectivity index (χ2n) is 7.13. The summed E-state index contributed by atoms with van der Waals surface area (Å²) < 4.78 is 3.32. The molecule has 0 aliphatic heterocycles. The predicted molar refractivity (Wildman–Crippen MR) is 129 cm³/mol. The van der Waals surface area contributed by atoms with Gasteiger partial charge < -0.3 is 4.90 Å². The first-order chi connectivity index (χ1) is 15.4. The van der Waals surface area contributed by atoms with Crippen molar-refractivity contribution in [3.8, 4) is 0 Å². The number of aromatic nitrogens is 4. The molecule has 0 aliphatic rings. The van der Waals surface area contributed by atoms with Gasteiger partial charge in [-0.2, -0.15) is 0 Å². The molecule has 1 amide bonds. The van der Waals surface area contributed by atoms with E-state index in [2.05, 4.69) is 16.8 Å². The number of allylic oxidation sites excluding steroid dienone is 1. The van der Waals surface area contributed by atoms with Crippen LogP contribution in [0, 0.1) is 0 Å². The maximum Gasteiger partial charge on any atom is 0.263 e. The van der Waals surface area contributed by atoms with Crippen LogP contribution in [0.25, 0.3) is 16.7 Å². The third-order valence-corrected chi connectivity index (χ3v) is 6.60. The van der Waals surface area contributed by atoms with Crippen LogP contribution in [-0.2, 0) is 17.9 Å². The summed E-state index contributed by atoms with van der Waals surface area (Å²) in [6, 6.07) is 12.6. The van der Waals surface area contributed by atoms with E-state index in [1.165, 1.54) is 16.3 Å².